The number of rotatable bonds is 2. The summed E-state index contributed by atoms with van der Waals surface area (Å²) in [6.45, 7) is 0. The van der Waals surface area contributed by atoms with Crippen LogP contribution in [0.1, 0.15) is 0 Å². The van der Waals surface area contributed by atoms with Crippen LogP contribution in [0.2, 0.25) is 0 Å². The second-order valence-electron chi connectivity index (χ2n) is 8.47. The van der Waals surface area contributed by atoms with Crippen LogP contribution in [0.3, 0.4) is 0 Å². The zero-order chi connectivity index (χ0) is 24.9. The Morgan fingerprint density at radius 2 is 1.11 bits per heavy atom. The van der Waals surface area contributed by atoms with Gasteiger partial charge in [0.15, 0.2) is 0 Å². The smallest absolute Gasteiger partial charge is 0.122 e. The Hall–Kier alpha value is -4.37. The number of ether oxygens (including phenoxy) is 1. The van der Waals surface area contributed by atoms with Crippen LogP contribution in [0.4, 0.5) is 0 Å². The Morgan fingerprint density at radius 3 is 1.76 bits per heavy atom. The van der Waals surface area contributed by atoms with E-state index in [1.807, 2.05) is 84.9 Å². The molecule has 1 aliphatic heterocycles. The molecule has 0 spiro atoms. The molecule has 6 aromatic rings. The van der Waals surface area contributed by atoms with Crippen molar-refractivity contribution < 1.29 is 24.8 Å². The third-order valence-corrected chi connectivity index (χ3v) is 6.12. The largest absolute Gasteiger partial charge is 0.500 e. The van der Waals surface area contributed by atoms with Crippen LogP contribution >= 0.6 is 0 Å². The molecule has 185 valence electrons. The van der Waals surface area contributed by atoms with Crippen molar-refractivity contribution in [3.63, 3.8) is 0 Å². The second-order valence-corrected chi connectivity index (χ2v) is 8.47. The van der Waals surface area contributed by atoms with Gasteiger partial charge in [-0.2, -0.15) is 0 Å². The predicted octanol–water partition coefficient (Wildman–Crippen LogP) is 8.53. The van der Waals surface area contributed by atoms with Crippen molar-refractivity contribution in [1.82, 2.24) is 9.97 Å². The first kappa shape index (κ1) is 25.3. The number of para-hydroxylation sites is 1. The van der Waals surface area contributed by atoms with Crippen molar-refractivity contribution >= 4 is 0 Å². The zero-order valence-corrected chi connectivity index (χ0v) is 22.7. The summed E-state index contributed by atoms with van der Waals surface area (Å²) in [6, 6.07) is 46.6. The number of fused-ring (bicyclic) bond motifs is 5. The summed E-state index contributed by atoms with van der Waals surface area (Å²) in [4.78, 5) is 8.66. The first-order chi connectivity index (χ1) is 18.4. The van der Waals surface area contributed by atoms with Gasteiger partial charge in [-0.3, -0.25) is 0 Å². The quantitative estimate of drug-likeness (QED) is 0.174. The zero-order valence-electron chi connectivity index (χ0n) is 20.3. The van der Waals surface area contributed by atoms with Gasteiger partial charge in [-0.05, 0) is 40.7 Å². The summed E-state index contributed by atoms with van der Waals surface area (Å²) in [6.07, 6.45) is 3.59. The fraction of sp³-hybridized carbons (Fsp3) is 0. The molecule has 3 heterocycles. The SMILES string of the molecule is [Ir].[c-]1cc2c(cc1-c1ccccn1)-c1ccccc1-c1ccccc1O2.[c-]1ccccc1-c1ccccn1. The molecule has 0 saturated heterocycles. The van der Waals surface area contributed by atoms with E-state index in [1.165, 1.54) is 5.56 Å². The van der Waals surface area contributed by atoms with Crippen molar-refractivity contribution in [2.75, 3.05) is 0 Å². The van der Waals surface area contributed by atoms with Crippen LogP contribution in [-0.4, -0.2) is 9.97 Å². The number of pyridine rings is 2. The maximum Gasteiger partial charge on any atom is 0.122 e. The summed E-state index contributed by atoms with van der Waals surface area (Å²) in [5, 5.41) is 0. The van der Waals surface area contributed by atoms with Gasteiger partial charge in [0.2, 0.25) is 0 Å². The minimum Gasteiger partial charge on any atom is -0.500 e. The fourth-order valence-corrected chi connectivity index (χ4v) is 4.37. The van der Waals surface area contributed by atoms with E-state index in [1.54, 1.807) is 12.4 Å². The molecule has 0 bridgehead atoms. The van der Waals surface area contributed by atoms with Gasteiger partial charge < -0.3 is 14.7 Å². The molecule has 0 fully saturated rings. The van der Waals surface area contributed by atoms with E-state index in [4.69, 9.17) is 4.74 Å². The van der Waals surface area contributed by atoms with Crippen LogP contribution in [-0.2, 0) is 20.1 Å². The number of aromatic nitrogens is 2. The molecule has 4 aromatic carbocycles. The first-order valence-electron chi connectivity index (χ1n) is 12.1. The molecule has 1 radical (unpaired) electrons. The molecule has 0 N–H and O–H groups in total. The van der Waals surface area contributed by atoms with E-state index in [0.717, 1.165) is 50.7 Å². The van der Waals surface area contributed by atoms with Crippen molar-refractivity contribution in [3.8, 4) is 56.3 Å². The number of benzene rings is 4. The van der Waals surface area contributed by atoms with Crippen LogP contribution in [0.25, 0.3) is 44.8 Å². The number of hydrogen-bond donors (Lipinski definition) is 0. The molecule has 1 aliphatic rings. The average molecular weight is 667 g/mol. The molecular formula is C34H22IrN2O-2. The molecule has 0 amide bonds. The van der Waals surface area contributed by atoms with Gasteiger partial charge in [0.1, 0.15) is 5.75 Å². The monoisotopic (exact) mass is 667 g/mol. The van der Waals surface area contributed by atoms with Crippen LogP contribution in [0.5, 0.6) is 11.5 Å². The van der Waals surface area contributed by atoms with Crippen molar-refractivity contribution in [3.05, 3.63) is 146 Å². The van der Waals surface area contributed by atoms with Gasteiger partial charge in [-0.15, -0.1) is 59.7 Å². The molecule has 0 atom stereocenters. The third-order valence-electron chi connectivity index (χ3n) is 6.12. The molecule has 4 heteroatoms. The van der Waals surface area contributed by atoms with Crippen molar-refractivity contribution in [2.24, 2.45) is 0 Å². The third kappa shape index (κ3) is 5.33. The number of hydrogen-bond acceptors (Lipinski definition) is 3. The summed E-state index contributed by atoms with van der Waals surface area (Å²) >= 11 is 0. The van der Waals surface area contributed by atoms with E-state index in [-0.39, 0.29) is 20.1 Å². The standard InChI is InChI=1S/C23H14NO.C11H8N.Ir/c1-2-8-18-17(7-1)19-9-3-4-11-22(19)25-23-13-12-16(15-20(18)23)21-10-5-6-14-24-21;1-2-6-10(7-3-1)11-8-4-5-9-12-11;/h1-11,13-15H;1-6,8-9H;/q2*-1;. The van der Waals surface area contributed by atoms with E-state index in [2.05, 4.69) is 58.5 Å². The van der Waals surface area contributed by atoms with E-state index < -0.39 is 0 Å². The maximum atomic E-state index is 6.22. The van der Waals surface area contributed by atoms with Gasteiger partial charge in [0, 0.05) is 38.1 Å². The second kappa shape index (κ2) is 11.8. The molecule has 0 saturated carbocycles. The maximum absolute atomic E-state index is 6.22. The molecule has 38 heavy (non-hydrogen) atoms. The van der Waals surface area contributed by atoms with Crippen LogP contribution in [0.15, 0.2) is 134 Å². The first-order valence-corrected chi connectivity index (χ1v) is 12.1. The van der Waals surface area contributed by atoms with Crippen molar-refractivity contribution in [2.45, 2.75) is 0 Å². The van der Waals surface area contributed by atoms with Gasteiger partial charge in [-0.25, -0.2) is 0 Å². The van der Waals surface area contributed by atoms with Crippen LogP contribution in [0, 0.1) is 12.1 Å². The van der Waals surface area contributed by atoms with Gasteiger partial charge >= 0.3 is 0 Å². The van der Waals surface area contributed by atoms with E-state index in [0.29, 0.717) is 0 Å². The van der Waals surface area contributed by atoms with E-state index >= 15 is 0 Å². The summed E-state index contributed by atoms with van der Waals surface area (Å²) in [7, 11) is 0. The minimum absolute atomic E-state index is 0. The summed E-state index contributed by atoms with van der Waals surface area (Å²) < 4.78 is 6.22. The predicted molar refractivity (Wildman–Crippen MR) is 148 cm³/mol. The van der Waals surface area contributed by atoms with Crippen molar-refractivity contribution in [1.29, 1.82) is 0 Å². The Morgan fingerprint density at radius 1 is 0.500 bits per heavy atom. The van der Waals surface area contributed by atoms with Crippen LogP contribution < -0.4 is 4.74 Å². The molecule has 0 unspecified atom stereocenters. The van der Waals surface area contributed by atoms with Gasteiger partial charge in [0.05, 0.1) is 5.75 Å². The molecule has 2 aromatic heterocycles. The average Bonchev–Trinajstić information content (AvgIpc) is 3.13. The van der Waals surface area contributed by atoms with E-state index in [9.17, 15) is 0 Å². The van der Waals surface area contributed by atoms with Gasteiger partial charge in [0.25, 0.3) is 0 Å². The molecule has 3 nitrogen and oxygen atoms in total. The fourth-order valence-electron chi connectivity index (χ4n) is 4.37. The normalized spacial score (nSPS) is 10.6. The Kier molecular flexibility index (Phi) is 7.84. The molecule has 0 aliphatic carbocycles. The number of nitrogens with zero attached hydrogens (tertiary/aromatic N) is 2. The van der Waals surface area contributed by atoms with Gasteiger partial charge in [-0.1, -0.05) is 72.3 Å². The molecule has 7 rings (SSSR count). The summed E-state index contributed by atoms with van der Waals surface area (Å²) in [5.41, 5.74) is 8.38. The minimum atomic E-state index is 0. The Bertz CT molecular complexity index is 1600. The Balaban J connectivity index is 0.000000191. The molecular weight excluding hydrogens is 645 g/mol. The Labute approximate surface area is 236 Å². The summed E-state index contributed by atoms with van der Waals surface area (Å²) in [5.74, 6) is 1.68. The topological polar surface area (TPSA) is 35.0 Å².